The Bertz CT molecular complexity index is 465. The molecule has 0 aliphatic heterocycles. The molecule has 1 unspecified atom stereocenters. The number of ether oxygens (including phenoxy) is 1. The predicted octanol–water partition coefficient (Wildman–Crippen LogP) is 3.19. The largest absolute Gasteiger partial charge is 0.366 e. The van der Waals surface area contributed by atoms with Crippen molar-refractivity contribution >= 4 is 6.29 Å². The molecule has 1 atom stereocenters. The van der Waals surface area contributed by atoms with Crippen LogP contribution in [0.5, 0.6) is 0 Å². The van der Waals surface area contributed by atoms with E-state index in [1.54, 1.807) is 0 Å². The number of carbonyl (C=O) groups excluding carboxylic acids is 1. The molecule has 2 aromatic rings. The van der Waals surface area contributed by atoms with Gasteiger partial charge in [-0.1, -0.05) is 60.7 Å². The molecule has 0 heterocycles. The Morgan fingerprint density at radius 3 is 2.17 bits per heavy atom. The lowest BCUT2D eigenvalue weighted by Crippen LogP contribution is -2.08. The van der Waals surface area contributed by atoms with Crippen LogP contribution in [0.3, 0.4) is 0 Å². The van der Waals surface area contributed by atoms with Gasteiger partial charge in [-0.25, -0.2) is 0 Å². The van der Waals surface area contributed by atoms with Gasteiger partial charge in [-0.2, -0.15) is 0 Å². The molecule has 0 bridgehead atoms. The van der Waals surface area contributed by atoms with Crippen molar-refractivity contribution in [1.82, 2.24) is 0 Å². The fraction of sp³-hybridized carbons (Fsp3) is 0.188. The van der Waals surface area contributed by atoms with Crippen LogP contribution in [0.25, 0.3) is 0 Å². The van der Waals surface area contributed by atoms with Crippen molar-refractivity contribution in [2.45, 2.75) is 12.5 Å². The van der Waals surface area contributed by atoms with Crippen LogP contribution in [-0.2, 0) is 16.0 Å². The number of hydrogen-bond acceptors (Lipinski definition) is 2. The van der Waals surface area contributed by atoms with Crippen molar-refractivity contribution in [3.05, 3.63) is 71.8 Å². The summed E-state index contributed by atoms with van der Waals surface area (Å²) in [6.45, 7) is 0.544. The molecule has 92 valence electrons. The fourth-order valence-corrected chi connectivity index (χ4v) is 1.81. The SMILES string of the molecule is O=CC(OCCc1ccccc1)c1ccccc1. The van der Waals surface area contributed by atoms with Crippen LogP contribution in [0, 0.1) is 0 Å². The second-order valence-electron chi connectivity index (χ2n) is 4.07. The van der Waals surface area contributed by atoms with Crippen molar-refractivity contribution in [2.75, 3.05) is 6.61 Å². The van der Waals surface area contributed by atoms with Crippen molar-refractivity contribution in [3.63, 3.8) is 0 Å². The first kappa shape index (κ1) is 12.5. The maximum Gasteiger partial charge on any atom is 0.153 e. The quantitative estimate of drug-likeness (QED) is 0.725. The zero-order valence-corrected chi connectivity index (χ0v) is 10.2. The van der Waals surface area contributed by atoms with Crippen LogP contribution in [0.1, 0.15) is 17.2 Å². The van der Waals surface area contributed by atoms with Gasteiger partial charge in [0.05, 0.1) is 6.61 Å². The smallest absolute Gasteiger partial charge is 0.153 e. The first-order chi connectivity index (χ1) is 8.90. The van der Waals surface area contributed by atoms with Crippen LogP contribution in [0.2, 0.25) is 0 Å². The summed E-state index contributed by atoms with van der Waals surface area (Å²) in [6.07, 6.45) is 1.20. The van der Waals surface area contributed by atoms with Crippen LogP contribution in [0.4, 0.5) is 0 Å². The van der Waals surface area contributed by atoms with Gasteiger partial charge in [0.25, 0.3) is 0 Å². The Labute approximate surface area is 107 Å². The molecular weight excluding hydrogens is 224 g/mol. The summed E-state index contributed by atoms with van der Waals surface area (Å²) in [5, 5.41) is 0. The molecule has 2 heteroatoms. The number of hydrogen-bond donors (Lipinski definition) is 0. The Morgan fingerprint density at radius 2 is 1.56 bits per heavy atom. The van der Waals surface area contributed by atoms with Crippen molar-refractivity contribution in [2.24, 2.45) is 0 Å². The second-order valence-corrected chi connectivity index (χ2v) is 4.07. The molecule has 0 radical (unpaired) electrons. The van der Waals surface area contributed by atoms with Crippen LogP contribution < -0.4 is 0 Å². The number of rotatable bonds is 6. The minimum Gasteiger partial charge on any atom is -0.366 e. The summed E-state index contributed by atoms with van der Waals surface area (Å²) >= 11 is 0. The summed E-state index contributed by atoms with van der Waals surface area (Å²) in [5.74, 6) is 0. The van der Waals surface area contributed by atoms with Gasteiger partial charge >= 0.3 is 0 Å². The predicted molar refractivity (Wildman–Crippen MR) is 71.3 cm³/mol. The van der Waals surface area contributed by atoms with Crippen molar-refractivity contribution < 1.29 is 9.53 Å². The van der Waals surface area contributed by atoms with E-state index >= 15 is 0 Å². The van der Waals surface area contributed by atoms with Crippen LogP contribution in [0.15, 0.2) is 60.7 Å². The van der Waals surface area contributed by atoms with E-state index < -0.39 is 6.10 Å². The third kappa shape index (κ3) is 3.54. The van der Waals surface area contributed by atoms with Gasteiger partial charge in [0, 0.05) is 0 Å². The topological polar surface area (TPSA) is 26.3 Å². The molecule has 0 fully saturated rings. The molecule has 0 saturated carbocycles. The lowest BCUT2D eigenvalue weighted by molar-refractivity contribution is -0.118. The first-order valence-electron chi connectivity index (χ1n) is 6.06. The molecule has 2 rings (SSSR count). The molecule has 0 amide bonds. The molecule has 0 aliphatic carbocycles. The molecule has 0 saturated heterocycles. The van der Waals surface area contributed by atoms with E-state index in [1.165, 1.54) is 5.56 Å². The highest BCUT2D eigenvalue weighted by molar-refractivity contribution is 5.59. The van der Waals surface area contributed by atoms with E-state index in [-0.39, 0.29) is 0 Å². The molecular formula is C16H16O2. The van der Waals surface area contributed by atoms with Gasteiger partial charge in [-0.05, 0) is 17.5 Å². The minimum atomic E-state index is -0.463. The second kappa shape index (κ2) is 6.72. The monoisotopic (exact) mass is 240 g/mol. The fourth-order valence-electron chi connectivity index (χ4n) is 1.81. The van der Waals surface area contributed by atoms with Crippen molar-refractivity contribution in [3.8, 4) is 0 Å². The Balaban J connectivity index is 1.87. The Hall–Kier alpha value is -1.93. The maximum atomic E-state index is 11.0. The standard InChI is InChI=1S/C16H16O2/c17-13-16(15-9-5-2-6-10-15)18-12-11-14-7-3-1-4-8-14/h1-10,13,16H,11-12H2. The summed E-state index contributed by atoms with van der Waals surface area (Å²) < 4.78 is 5.61. The van der Waals surface area contributed by atoms with E-state index in [2.05, 4.69) is 12.1 Å². The molecule has 0 N–H and O–H groups in total. The minimum absolute atomic E-state index is 0.463. The zero-order chi connectivity index (χ0) is 12.6. The number of benzene rings is 2. The highest BCUT2D eigenvalue weighted by Gasteiger charge is 2.09. The molecule has 18 heavy (non-hydrogen) atoms. The van der Waals surface area contributed by atoms with E-state index in [4.69, 9.17) is 4.74 Å². The van der Waals surface area contributed by atoms with Crippen molar-refractivity contribution in [1.29, 1.82) is 0 Å². The van der Waals surface area contributed by atoms with Gasteiger partial charge in [-0.3, -0.25) is 0 Å². The third-order valence-corrected chi connectivity index (χ3v) is 2.78. The molecule has 0 aliphatic rings. The highest BCUT2D eigenvalue weighted by Crippen LogP contribution is 2.14. The van der Waals surface area contributed by atoms with E-state index in [1.807, 2.05) is 48.5 Å². The van der Waals surface area contributed by atoms with Crippen LogP contribution >= 0.6 is 0 Å². The lowest BCUT2D eigenvalue weighted by Gasteiger charge is -2.12. The molecule has 0 spiro atoms. The maximum absolute atomic E-state index is 11.0. The van der Waals surface area contributed by atoms with Crippen LogP contribution in [-0.4, -0.2) is 12.9 Å². The lowest BCUT2D eigenvalue weighted by atomic mass is 10.1. The van der Waals surface area contributed by atoms with Gasteiger partial charge < -0.3 is 9.53 Å². The summed E-state index contributed by atoms with van der Waals surface area (Å²) in [4.78, 5) is 11.0. The van der Waals surface area contributed by atoms with Gasteiger partial charge in [0.1, 0.15) is 6.10 Å². The summed E-state index contributed by atoms with van der Waals surface area (Å²) in [7, 11) is 0. The highest BCUT2D eigenvalue weighted by atomic mass is 16.5. The summed E-state index contributed by atoms with van der Waals surface area (Å²) in [6, 6.07) is 19.7. The zero-order valence-electron chi connectivity index (χ0n) is 10.2. The summed E-state index contributed by atoms with van der Waals surface area (Å²) in [5.41, 5.74) is 2.12. The van der Waals surface area contributed by atoms with E-state index in [9.17, 15) is 4.79 Å². The number of carbonyl (C=O) groups is 1. The first-order valence-corrected chi connectivity index (χ1v) is 6.06. The Kier molecular flexibility index (Phi) is 4.68. The van der Waals surface area contributed by atoms with E-state index in [0.717, 1.165) is 18.3 Å². The van der Waals surface area contributed by atoms with Gasteiger partial charge in [0.15, 0.2) is 6.29 Å². The van der Waals surface area contributed by atoms with E-state index in [0.29, 0.717) is 6.61 Å². The Morgan fingerprint density at radius 1 is 0.944 bits per heavy atom. The molecule has 0 aromatic heterocycles. The normalized spacial score (nSPS) is 12.0. The van der Waals surface area contributed by atoms with Gasteiger partial charge in [0.2, 0.25) is 0 Å². The molecule has 2 aromatic carbocycles. The third-order valence-electron chi connectivity index (χ3n) is 2.78. The average Bonchev–Trinajstić information content (AvgIpc) is 2.46. The van der Waals surface area contributed by atoms with Gasteiger partial charge in [-0.15, -0.1) is 0 Å². The molecule has 2 nitrogen and oxygen atoms in total. The average molecular weight is 240 g/mol. The number of aldehydes is 1.